The summed E-state index contributed by atoms with van der Waals surface area (Å²) in [4.78, 5) is 37.5. The fourth-order valence-electron chi connectivity index (χ4n) is 9.40. The number of rotatable bonds is 64. The first kappa shape index (κ1) is 83.9. The van der Waals surface area contributed by atoms with Gasteiger partial charge in [0, 0.05) is 12.8 Å². The Morgan fingerprint density at radius 3 is 0.899 bits per heavy atom. The first-order valence-corrected chi connectivity index (χ1v) is 35.6. The molecule has 0 amide bonds. The van der Waals surface area contributed by atoms with Gasteiger partial charge < -0.3 is 33.3 Å². The molecule has 0 rings (SSSR count). The second kappa shape index (κ2) is 68.8. The Labute approximate surface area is 546 Å². The van der Waals surface area contributed by atoms with Gasteiger partial charge >= 0.3 is 11.9 Å². The number of hydrogen-bond acceptors (Lipinski definition) is 8. The minimum Gasteiger partial charge on any atom is -0.545 e. The van der Waals surface area contributed by atoms with Crippen LogP contribution in [0.15, 0.2) is 158 Å². The fourth-order valence-corrected chi connectivity index (χ4v) is 9.40. The van der Waals surface area contributed by atoms with Gasteiger partial charge in [0.15, 0.2) is 12.4 Å². The van der Waals surface area contributed by atoms with Crippen LogP contribution in [0.2, 0.25) is 0 Å². The number of carboxylic acid groups (broad SMARTS) is 1. The number of allylic oxidation sites excluding steroid dienone is 26. The molecule has 0 radical (unpaired) electrons. The molecule has 504 valence electrons. The summed E-state index contributed by atoms with van der Waals surface area (Å²) in [5.41, 5.74) is 0. The predicted octanol–water partition coefficient (Wildman–Crippen LogP) is 21.1. The van der Waals surface area contributed by atoms with Crippen molar-refractivity contribution in [3.63, 3.8) is 0 Å². The van der Waals surface area contributed by atoms with Gasteiger partial charge in [0.1, 0.15) is 13.2 Å². The summed E-state index contributed by atoms with van der Waals surface area (Å²) in [5, 5.41) is 11.8. The summed E-state index contributed by atoms with van der Waals surface area (Å²) in [6.07, 6.45) is 98.9. The average molecular weight is 1230 g/mol. The third-order valence-electron chi connectivity index (χ3n) is 14.8. The maximum absolute atomic E-state index is 12.9. The van der Waals surface area contributed by atoms with Crippen molar-refractivity contribution in [2.24, 2.45) is 0 Å². The van der Waals surface area contributed by atoms with Gasteiger partial charge in [0.25, 0.3) is 0 Å². The molecule has 0 aliphatic carbocycles. The third-order valence-corrected chi connectivity index (χ3v) is 14.8. The maximum atomic E-state index is 12.9. The van der Waals surface area contributed by atoms with E-state index in [0.717, 1.165) is 128 Å². The number of carboxylic acids is 1. The highest BCUT2D eigenvalue weighted by molar-refractivity contribution is 5.70. The first-order chi connectivity index (χ1) is 43.6. The highest BCUT2D eigenvalue weighted by Crippen LogP contribution is 2.16. The number of likely N-dealkylation sites (N-methyl/N-ethyl adjacent to an activating group) is 1. The van der Waals surface area contributed by atoms with Gasteiger partial charge in [-0.3, -0.25) is 9.59 Å². The molecule has 89 heavy (non-hydrogen) atoms. The van der Waals surface area contributed by atoms with Gasteiger partial charge in [-0.25, -0.2) is 0 Å². The van der Waals surface area contributed by atoms with Crippen molar-refractivity contribution in [3.8, 4) is 0 Å². The Balaban J connectivity index is 4.18. The number of aliphatic carboxylic acids is 1. The van der Waals surface area contributed by atoms with Gasteiger partial charge in [-0.2, -0.15) is 0 Å². The Morgan fingerprint density at radius 2 is 0.607 bits per heavy atom. The lowest BCUT2D eigenvalue weighted by Crippen LogP contribution is -2.44. The van der Waals surface area contributed by atoms with Crippen LogP contribution in [-0.4, -0.2) is 82.3 Å². The third kappa shape index (κ3) is 70.2. The van der Waals surface area contributed by atoms with Crippen LogP contribution in [0.1, 0.15) is 271 Å². The minimum atomic E-state index is -1.63. The summed E-state index contributed by atoms with van der Waals surface area (Å²) in [7, 11) is 5.92. The monoisotopic (exact) mass is 1230 g/mol. The molecule has 0 heterocycles. The van der Waals surface area contributed by atoms with Crippen LogP contribution in [0.4, 0.5) is 0 Å². The molecule has 0 bridgehead atoms. The zero-order valence-electron chi connectivity index (χ0n) is 57.5. The van der Waals surface area contributed by atoms with Gasteiger partial charge in [-0.15, -0.1) is 0 Å². The summed E-state index contributed by atoms with van der Waals surface area (Å²) >= 11 is 0. The number of nitrogens with zero attached hydrogens (tertiary/aromatic N) is 1. The van der Waals surface area contributed by atoms with Gasteiger partial charge in [-0.1, -0.05) is 294 Å². The molecule has 0 aromatic carbocycles. The molecular formula is C80H131NO8. The number of unbranched alkanes of at least 4 members (excludes halogenated alkanes) is 23. The van der Waals surface area contributed by atoms with Crippen LogP contribution in [-0.2, 0) is 33.3 Å². The number of carbonyl (C=O) groups excluding carboxylic acids is 3. The zero-order valence-corrected chi connectivity index (χ0v) is 57.5. The molecule has 0 aliphatic heterocycles. The number of quaternary nitrogens is 1. The minimum absolute atomic E-state index is 0.139. The molecule has 0 aromatic heterocycles. The zero-order chi connectivity index (χ0) is 64.7. The number of ether oxygens (including phenoxy) is 4. The maximum Gasteiger partial charge on any atom is 0.306 e. The topological polar surface area (TPSA) is 111 Å². The van der Waals surface area contributed by atoms with E-state index in [4.69, 9.17) is 18.9 Å². The van der Waals surface area contributed by atoms with Crippen LogP contribution in [0.5, 0.6) is 0 Å². The summed E-state index contributed by atoms with van der Waals surface area (Å²) in [6, 6.07) is 0. The van der Waals surface area contributed by atoms with Gasteiger partial charge in [0.05, 0.1) is 40.3 Å². The Kier molecular flexibility index (Phi) is 64.9. The standard InChI is InChI=1S/C80H131NO8/c1-6-8-10-12-14-16-18-20-22-24-26-28-30-32-34-36-38-39-41-43-45-47-49-51-53-55-57-59-61-63-65-67-69-71-78(83)89-76(75-88-80(79(84)85)86-73-72-81(3,4)5)74-87-77(82)70-68-66-64-62-60-58-56-54-52-50-48-46-44-42-40-37-35-33-31-29-27-25-23-21-19-17-15-13-11-9-7-2/h8-11,14-17,20-23,26-29,32-35,38-39,43,45,49,51,76,80H,6-7,12-13,18-19,24-25,30-31,36-37,40-42,44,46-48,50,52-75H2,1-5H3/b10-8-,11-9-,16-14-,17-15-,22-20-,23-21-,28-26-,29-27-,34-32-,35-33-,39-38-,45-43-,51-49-. The van der Waals surface area contributed by atoms with Gasteiger partial charge in [0.2, 0.25) is 0 Å². The molecule has 0 aliphatic rings. The molecule has 0 fully saturated rings. The van der Waals surface area contributed by atoms with Crippen molar-refractivity contribution < 1.29 is 42.9 Å². The lowest BCUT2D eigenvalue weighted by atomic mass is 10.0. The highest BCUT2D eigenvalue weighted by Gasteiger charge is 2.22. The van der Waals surface area contributed by atoms with Crippen molar-refractivity contribution in [2.75, 3.05) is 47.5 Å². The van der Waals surface area contributed by atoms with Crippen LogP contribution in [0, 0.1) is 0 Å². The van der Waals surface area contributed by atoms with E-state index >= 15 is 0 Å². The number of esters is 2. The normalized spacial score (nSPS) is 13.7. The van der Waals surface area contributed by atoms with E-state index in [0.29, 0.717) is 17.4 Å². The summed E-state index contributed by atoms with van der Waals surface area (Å²) in [5.74, 6) is -2.30. The van der Waals surface area contributed by atoms with Crippen LogP contribution in [0.25, 0.3) is 0 Å². The van der Waals surface area contributed by atoms with Crippen molar-refractivity contribution in [1.82, 2.24) is 0 Å². The molecule has 2 unspecified atom stereocenters. The summed E-state index contributed by atoms with van der Waals surface area (Å²) in [6.45, 7) is 4.51. The average Bonchev–Trinajstić information content (AvgIpc) is 3.64. The number of hydrogen-bond donors (Lipinski definition) is 0. The predicted molar refractivity (Wildman–Crippen MR) is 379 cm³/mol. The highest BCUT2D eigenvalue weighted by atomic mass is 16.7. The Bertz CT molecular complexity index is 2020. The quantitative estimate of drug-likeness (QED) is 0.0195. The lowest BCUT2D eigenvalue weighted by molar-refractivity contribution is -0.870. The largest absolute Gasteiger partial charge is 0.545 e. The fraction of sp³-hybridized carbons (Fsp3) is 0.637. The smallest absolute Gasteiger partial charge is 0.306 e. The molecule has 0 aromatic rings. The molecule has 0 saturated carbocycles. The van der Waals surface area contributed by atoms with Crippen LogP contribution >= 0.6 is 0 Å². The lowest BCUT2D eigenvalue weighted by Gasteiger charge is -2.26. The molecule has 0 saturated heterocycles. The van der Waals surface area contributed by atoms with Crippen molar-refractivity contribution in [1.29, 1.82) is 0 Å². The Morgan fingerprint density at radius 1 is 0.337 bits per heavy atom. The summed E-state index contributed by atoms with van der Waals surface area (Å²) < 4.78 is 22.8. The van der Waals surface area contributed by atoms with E-state index in [2.05, 4.69) is 172 Å². The van der Waals surface area contributed by atoms with Crippen molar-refractivity contribution in [2.45, 2.75) is 283 Å². The van der Waals surface area contributed by atoms with Crippen LogP contribution in [0.3, 0.4) is 0 Å². The van der Waals surface area contributed by atoms with Crippen molar-refractivity contribution in [3.05, 3.63) is 158 Å². The second-order valence-corrected chi connectivity index (χ2v) is 24.4. The molecule has 2 atom stereocenters. The number of carbonyl (C=O) groups is 3. The van der Waals surface area contributed by atoms with E-state index < -0.39 is 24.3 Å². The SMILES string of the molecule is CC/C=C\C/C=C\C/C=C\C/C=C\C/C=C\C/C=C\C/C=C\C/C=C\CCCCCCCCCCC(=O)OC(COC(=O)CCCCCCCCCCCCCCCCC/C=C\C/C=C\C/C=C\C/C=C\C/C=C\CC)COC(OCC[N+](C)(C)C)C(=O)[O-]. The second-order valence-electron chi connectivity index (χ2n) is 24.4. The van der Waals surface area contributed by atoms with Crippen molar-refractivity contribution >= 4 is 17.9 Å². The van der Waals surface area contributed by atoms with E-state index in [1.807, 2.05) is 21.1 Å². The van der Waals surface area contributed by atoms with Crippen LogP contribution < -0.4 is 5.11 Å². The molecule has 9 nitrogen and oxygen atoms in total. The Hall–Kier alpha value is -5.09. The van der Waals surface area contributed by atoms with E-state index in [-0.39, 0.29) is 38.6 Å². The molecule has 0 spiro atoms. The van der Waals surface area contributed by atoms with E-state index in [9.17, 15) is 19.5 Å². The molecular weight excluding hydrogens is 1100 g/mol. The molecule has 9 heteroatoms. The molecule has 0 N–H and O–H groups in total. The van der Waals surface area contributed by atoms with E-state index in [1.54, 1.807) is 0 Å². The van der Waals surface area contributed by atoms with E-state index in [1.165, 1.54) is 109 Å². The van der Waals surface area contributed by atoms with Gasteiger partial charge in [-0.05, 0) is 122 Å². The first-order valence-electron chi connectivity index (χ1n) is 35.6.